The van der Waals surface area contributed by atoms with Crippen LogP contribution >= 0.6 is 0 Å². The van der Waals surface area contributed by atoms with Crippen LogP contribution in [0.15, 0.2) is 60.8 Å². The normalized spacial score (nSPS) is 19.4. The molecule has 0 aromatic heterocycles. The second-order valence-electron chi connectivity index (χ2n) is 20.7. The van der Waals surface area contributed by atoms with Crippen molar-refractivity contribution in [3.05, 3.63) is 60.8 Å². The van der Waals surface area contributed by atoms with E-state index in [4.69, 9.17) is 14.2 Å². The number of rotatable bonds is 51. The molecule has 1 aliphatic rings. The van der Waals surface area contributed by atoms with Crippen LogP contribution < -0.4 is 5.32 Å². The van der Waals surface area contributed by atoms with E-state index in [9.17, 15) is 35.1 Å². The van der Waals surface area contributed by atoms with Gasteiger partial charge in [0.05, 0.1) is 32.0 Å². The average Bonchev–Trinajstić information content (AvgIpc) is 3.39. The van der Waals surface area contributed by atoms with Gasteiger partial charge in [0.2, 0.25) is 5.91 Å². The van der Waals surface area contributed by atoms with Gasteiger partial charge in [-0.05, 0) is 83.5 Å². The van der Waals surface area contributed by atoms with E-state index < -0.39 is 49.5 Å². The molecule has 0 saturated carbocycles. The third kappa shape index (κ3) is 41.2. The van der Waals surface area contributed by atoms with Gasteiger partial charge in [-0.15, -0.1) is 0 Å². The molecule has 0 radical (unpaired) electrons. The molecule has 7 atom stereocenters. The lowest BCUT2D eigenvalue weighted by atomic mass is 9.99. The molecular weight excluding hydrogens is 919 g/mol. The summed E-state index contributed by atoms with van der Waals surface area (Å²) >= 11 is 0. The molecule has 424 valence electrons. The molecule has 73 heavy (non-hydrogen) atoms. The summed E-state index contributed by atoms with van der Waals surface area (Å²) in [6.07, 6.45) is 56.2. The van der Waals surface area contributed by atoms with Gasteiger partial charge in [-0.1, -0.05) is 222 Å². The van der Waals surface area contributed by atoms with Crippen molar-refractivity contribution in [3.8, 4) is 0 Å². The summed E-state index contributed by atoms with van der Waals surface area (Å²) in [6.45, 7) is 4.18. The summed E-state index contributed by atoms with van der Waals surface area (Å²) in [5, 5.41) is 54.2. The molecule has 1 amide bonds. The van der Waals surface area contributed by atoms with Crippen molar-refractivity contribution in [3.63, 3.8) is 0 Å². The number of amides is 1. The number of aliphatic hydroxyl groups excluding tert-OH is 5. The SMILES string of the molecule is CC/C=C/CC/C=C/CC/C=C/C(O)C(COC1OC(CO)C(O)C(O)C1O)NC(=O)CCCCCCCCC/C=C\C/C=C\CCCCCCCCCCCOC(=O)CCCCCCCCCCCCCC. The van der Waals surface area contributed by atoms with Crippen LogP contribution in [-0.4, -0.2) is 100 Å². The van der Waals surface area contributed by atoms with Crippen molar-refractivity contribution >= 4 is 11.9 Å². The van der Waals surface area contributed by atoms with Gasteiger partial charge >= 0.3 is 5.97 Å². The minimum Gasteiger partial charge on any atom is -0.466 e. The summed E-state index contributed by atoms with van der Waals surface area (Å²) in [5.74, 6) is -0.216. The third-order valence-electron chi connectivity index (χ3n) is 13.8. The Morgan fingerprint density at radius 1 is 0.521 bits per heavy atom. The van der Waals surface area contributed by atoms with E-state index in [1.54, 1.807) is 6.08 Å². The lowest BCUT2D eigenvalue weighted by Crippen LogP contribution is -2.60. The van der Waals surface area contributed by atoms with Gasteiger partial charge in [-0.25, -0.2) is 0 Å². The number of nitrogens with one attached hydrogen (secondary N) is 1. The lowest BCUT2D eigenvalue weighted by molar-refractivity contribution is -0.302. The molecule has 1 fully saturated rings. The van der Waals surface area contributed by atoms with Crippen molar-refractivity contribution in [1.82, 2.24) is 5.32 Å². The van der Waals surface area contributed by atoms with Crippen molar-refractivity contribution in [1.29, 1.82) is 0 Å². The zero-order valence-electron chi connectivity index (χ0n) is 46.6. The first-order valence-corrected chi connectivity index (χ1v) is 30.1. The van der Waals surface area contributed by atoms with Gasteiger partial charge in [0, 0.05) is 12.8 Å². The fourth-order valence-electron chi connectivity index (χ4n) is 9.09. The number of hydrogen-bond donors (Lipinski definition) is 6. The van der Waals surface area contributed by atoms with Gasteiger partial charge in [-0.2, -0.15) is 0 Å². The van der Waals surface area contributed by atoms with E-state index in [1.165, 1.54) is 128 Å². The first-order valence-electron chi connectivity index (χ1n) is 30.1. The number of unbranched alkanes of at least 4 members (excludes halogenated alkanes) is 29. The Balaban J connectivity index is 2.06. The van der Waals surface area contributed by atoms with Crippen molar-refractivity contribution in [2.75, 3.05) is 19.8 Å². The molecule has 6 N–H and O–H groups in total. The number of carbonyl (C=O) groups excluding carboxylic acids is 2. The predicted octanol–water partition coefficient (Wildman–Crippen LogP) is 13.8. The number of esters is 1. The quantitative estimate of drug-likeness (QED) is 0.0195. The first kappa shape index (κ1) is 68.4. The van der Waals surface area contributed by atoms with Crippen molar-refractivity contribution in [2.45, 2.75) is 301 Å². The van der Waals surface area contributed by atoms with Gasteiger partial charge in [0.1, 0.15) is 24.4 Å². The fourth-order valence-corrected chi connectivity index (χ4v) is 9.09. The van der Waals surface area contributed by atoms with Gasteiger partial charge in [-0.3, -0.25) is 9.59 Å². The molecule has 1 aliphatic heterocycles. The summed E-state index contributed by atoms with van der Waals surface area (Å²) < 4.78 is 16.6. The number of ether oxygens (including phenoxy) is 3. The first-order chi connectivity index (χ1) is 35.7. The summed E-state index contributed by atoms with van der Waals surface area (Å²) in [5.41, 5.74) is 0. The molecule has 1 heterocycles. The maximum absolute atomic E-state index is 13.0. The van der Waals surface area contributed by atoms with E-state index in [-0.39, 0.29) is 18.5 Å². The molecule has 11 nitrogen and oxygen atoms in total. The Morgan fingerprint density at radius 3 is 1.49 bits per heavy atom. The van der Waals surface area contributed by atoms with Crippen LogP contribution in [0.3, 0.4) is 0 Å². The smallest absolute Gasteiger partial charge is 0.305 e. The summed E-state index contributed by atoms with van der Waals surface area (Å²) in [4.78, 5) is 25.0. The Labute approximate surface area is 446 Å². The zero-order valence-corrected chi connectivity index (χ0v) is 46.6. The number of allylic oxidation sites excluding steroid dienone is 9. The maximum atomic E-state index is 13.0. The highest BCUT2D eigenvalue weighted by molar-refractivity contribution is 5.76. The van der Waals surface area contributed by atoms with E-state index in [1.807, 2.05) is 6.08 Å². The van der Waals surface area contributed by atoms with E-state index in [0.717, 1.165) is 96.3 Å². The fraction of sp³-hybridized carbons (Fsp3) is 0.806. The Morgan fingerprint density at radius 2 is 0.973 bits per heavy atom. The molecule has 0 aliphatic carbocycles. The Hall–Kier alpha value is -2.64. The molecule has 1 saturated heterocycles. The van der Waals surface area contributed by atoms with Gasteiger partial charge in [0.15, 0.2) is 6.29 Å². The molecule has 0 spiro atoms. The van der Waals surface area contributed by atoms with Crippen LogP contribution in [-0.2, 0) is 23.8 Å². The van der Waals surface area contributed by atoms with E-state index >= 15 is 0 Å². The van der Waals surface area contributed by atoms with Crippen LogP contribution in [0.25, 0.3) is 0 Å². The van der Waals surface area contributed by atoms with Crippen molar-refractivity contribution < 1.29 is 49.3 Å². The van der Waals surface area contributed by atoms with Crippen molar-refractivity contribution in [2.24, 2.45) is 0 Å². The van der Waals surface area contributed by atoms with E-state index in [2.05, 4.69) is 67.8 Å². The second-order valence-corrected chi connectivity index (χ2v) is 20.7. The van der Waals surface area contributed by atoms with Gasteiger partial charge < -0.3 is 45.1 Å². The van der Waals surface area contributed by atoms with Crippen LogP contribution in [0.1, 0.15) is 258 Å². The highest BCUT2D eigenvalue weighted by atomic mass is 16.7. The molecule has 0 aromatic rings. The standard InChI is InChI=1S/C62H111NO10/c1-3-5-7-9-11-13-15-30-34-38-42-46-50-58(67)71-51-47-43-39-35-31-28-26-24-22-20-18-16-17-19-21-23-25-27-29-33-37-41-45-49-57(66)63-54(53-72-62-61(70)60(69)59(68)56(52-64)73-62)55(65)48-44-40-36-32-14-12-10-8-6-4-2/h6,8,14,16,18-19,21,32,44,48,54-56,59-62,64-65,68-70H,3-5,7,9-13,15,17,20,22-31,33-43,45-47,49-53H2,1-2H3,(H,63,66)/b8-6+,18-16-,21-19-,32-14+,48-44+. The summed E-state index contributed by atoms with van der Waals surface area (Å²) in [6, 6.07) is -0.842. The number of carbonyl (C=O) groups is 2. The largest absolute Gasteiger partial charge is 0.466 e. The Bertz CT molecular complexity index is 1400. The second kappa shape index (κ2) is 51.5. The summed E-state index contributed by atoms with van der Waals surface area (Å²) in [7, 11) is 0. The third-order valence-corrected chi connectivity index (χ3v) is 13.8. The minimum absolute atomic E-state index is 0.00562. The van der Waals surface area contributed by atoms with Crippen LogP contribution in [0.5, 0.6) is 0 Å². The molecule has 0 aromatic carbocycles. The molecule has 0 bridgehead atoms. The lowest BCUT2D eigenvalue weighted by Gasteiger charge is -2.40. The van der Waals surface area contributed by atoms with E-state index in [0.29, 0.717) is 25.9 Å². The highest BCUT2D eigenvalue weighted by Crippen LogP contribution is 2.23. The Kier molecular flexibility index (Phi) is 48.2. The van der Waals surface area contributed by atoms with Crippen LogP contribution in [0.2, 0.25) is 0 Å². The predicted molar refractivity (Wildman–Crippen MR) is 301 cm³/mol. The average molecular weight is 1030 g/mol. The topological polar surface area (TPSA) is 175 Å². The number of aliphatic hydroxyl groups is 5. The molecule has 7 unspecified atom stereocenters. The number of hydrogen-bond acceptors (Lipinski definition) is 10. The van der Waals surface area contributed by atoms with Crippen LogP contribution in [0.4, 0.5) is 0 Å². The molecular formula is C62H111NO10. The monoisotopic (exact) mass is 1030 g/mol. The van der Waals surface area contributed by atoms with Gasteiger partial charge in [0.25, 0.3) is 0 Å². The molecule has 1 rings (SSSR count). The zero-order chi connectivity index (χ0) is 53.1. The highest BCUT2D eigenvalue weighted by Gasteiger charge is 2.44. The molecule has 11 heteroatoms. The maximum Gasteiger partial charge on any atom is 0.305 e. The van der Waals surface area contributed by atoms with Crippen LogP contribution in [0, 0.1) is 0 Å². The minimum atomic E-state index is -1.58.